The summed E-state index contributed by atoms with van der Waals surface area (Å²) in [5.41, 5.74) is -0.997. The number of halogens is 1. The van der Waals surface area contributed by atoms with Gasteiger partial charge in [-0.05, 0) is 25.0 Å². The van der Waals surface area contributed by atoms with Gasteiger partial charge in [0.2, 0.25) is 5.95 Å². The van der Waals surface area contributed by atoms with Crippen LogP contribution in [0.4, 0.5) is 10.3 Å². The van der Waals surface area contributed by atoms with E-state index >= 15 is 0 Å². The largest absolute Gasteiger partial charge is 0.387 e. The SMILES string of the molecule is O=C(c1ccncc1F)N1CCCC(O)(CN2CCN(c3ncccn3)CC2)C1. The summed E-state index contributed by atoms with van der Waals surface area (Å²) >= 11 is 0. The predicted octanol–water partition coefficient (Wildman–Crippen LogP) is 0.800. The van der Waals surface area contributed by atoms with E-state index in [0.29, 0.717) is 25.9 Å². The van der Waals surface area contributed by atoms with Crippen molar-refractivity contribution in [2.24, 2.45) is 0 Å². The molecule has 0 bridgehead atoms. The van der Waals surface area contributed by atoms with Crippen molar-refractivity contribution in [2.45, 2.75) is 18.4 Å². The van der Waals surface area contributed by atoms with Crippen molar-refractivity contribution in [3.05, 3.63) is 48.3 Å². The standard InChI is InChI=1S/C20H25FN6O2/c21-17-13-22-7-3-16(17)18(28)27-8-1-4-20(29,15-27)14-25-9-11-26(12-10-25)19-23-5-2-6-24-19/h2-3,5-7,13,29H,1,4,8-12,14-15H2. The number of piperazine rings is 1. The van der Waals surface area contributed by atoms with E-state index in [0.717, 1.165) is 38.3 Å². The molecular formula is C20H25FN6O2. The van der Waals surface area contributed by atoms with E-state index in [2.05, 4.69) is 24.8 Å². The Morgan fingerprint density at radius 1 is 1.14 bits per heavy atom. The minimum Gasteiger partial charge on any atom is -0.387 e. The fraction of sp³-hybridized carbons (Fsp3) is 0.500. The van der Waals surface area contributed by atoms with Gasteiger partial charge in [-0.1, -0.05) is 0 Å². The number of aliphatic hydroxyl groups is 1. The Bertz CT molecular complexity index is 846. The molecule has 2 aliphatic heterocycles. The van der Waals surface area contributed by atoms with Crippen LogP contribution in [-0.2, 0) is 0 Å². The van der Waals surface area contributed by atoms with Crippen LogP contribution >= 0.6 is 0 Å². The molecule has 1 N–H and O–H groups in total. The van der Waals surface area contributed by atoms with Crippen LogP contribution in [0.5, 0.6) is 0 Å². The number of hydrogen-bond donors (Lipinski definition) is 1. The highest BCUT2D eigenvalue weighted by Gasteiger charge is 2.38. The van der Waals surface area contributed by atoms with Crippen LogP contribution in [0.3, 0.4) is 0 Å². The van der Waals surface area contributed by atoms with Crippen molar-refractivity contribution in [3.8, 4) is 0 Å². The van der Waals surface area contributed by atoms with Crippen molar-refractivity contribution in [1.29, 1.82) is 0 Å². The number of piperidine rings is 1. The molecule has 0 spiro atoms. The van der Waals surface area contributed by atoms with Gasteiger partial charge in [0.1, 0.15) is 0 Å². The first kappa shape index (κ1) is 19.7. The second kappa shape index (κ2) is 8.38. The van der Waals surface area contributed by atoms with Gasteiger partial charge in [-0.2, -0.15) is 0 Å². The number of β-amino-alcohol motifs (C(OH)–C–C–N with tert-alkyl or cyclic N) is 1. The number of anilines is 1. The van der Waals surface area contributed by atoms with Gasteiger partial charge in [-0.25, -0.2) is 14.4 Å². The molecule has 1 atom stereocenters. The molecule has 1 amide bonds. The van der Waals surface area contributed by atoms with Gasteiger partial charge in [-0.15, -0.1) is 0 Å². The molecule has 2 aromatic heterocycles. The van der Waals surface area contributed by atoms with E-state index in [4.69, 9.17) is 0 Å². The summed E-state index contributed by atoms with van der Waals surface area (Å²) in [6.07, 6.45) is 7.22. The smallest absolute Gasteiger partial charge is 0.257 e. The molecule has 2 saturated heterocycles. The van der Waals surface area contributed by atoms with Crippen molar-refractivity contribution in [3.63, 3.8) is 0 Å². The van der Waals surface area contributed by atoms with E-state index in [-0.39, 0.29) is 12.1 Å². The quantitative estimate of drug-likeness (QED) is 0.813. The fourth-order valence-corrected chi connectivity index (χ4v) is 4.11. The topological polar surface area (TPSA) is 85.7 Å². The third-order valence-corrected chi connectivity index (χ3v) is 5.57. The lowest BCUT2D eigenvalue weighted by atomic mass is 9.91. The minimum atomic E-state index is -0.997. The average molecular weight is 400 g/mol. The van der Waals surface area contributed by atoms with E-state index < -0.39 is 17.3 Å². The lowest BCUT2D eigenvalue weighted by molar-refractivity contribution is -0.0474. The zero-order valence-electron chi connectivity index (χ0n) is 16.2. The Balaban J connectivity index is 1.35. The number of nitrogens with zero attached hydrogens (tertiary/aromatic N) is 6. The van der Waals surface area contributed by atoms with Crippen LogP contribution < -0.4 is 4.90 Å². The Hall–Kier alpha value is -2.65. The Morgan fingerprint density at radius 2 is 1.90 bits per heavy atom. The second-order valence-electron chi connectivity index (χ2n) is 7.72. The van der Waals surface area contributed by atoms with Crippen LogP contribution in [0, 0.1) is 5.82 Å². The highest BCUT2D eigenvalue weighted by Crippen LogP contribution is 2.25. The van der Waals surface area contributed by atoms with Crippen molar-refractivity contribution in [1.82, 2.24) is 24.8 Å². The number of carbonyl (C=O) groups is 1. The predicted molar refractivity (Wildman–Crippen MR) is 105 cm³/mol. The first-order valence-corrected chi connectivity index (χ1v) is 9.90. The lowest BCUT2D eigenvalue weighted by Gasteiger charge is -2.44. The molecule has 0 aliphatic carbocycles. The van der Waals surface area contributed by atoms with Crippen molar-refractivity contribution < 1.29 is 14.3 Å². The van der Waals surface area contributed by atoms with Gasteiger partial charge in [0.05, 0.1) is 23.9 Å². The van der Waals surface area contributed by atoms with Gasteiger partial charge in [0, 0.05) is 57.9 Å². The molecule has 8 nitrogen and oxygen atoms in total. The van der Waals surface area contributed by atoms with Crippen LogP contribution in [0.2, 0.25) is 0 Å². The van der Waals surface area contributed by atoms with Crippen LogP contribution in [-0.4, -0.2) is 87.2 Å². The maximum absolute atomic E-state index is 13.9. The summed E-state index contributed by atoms with van der Waals surface area (Å²) in [5, 5.41) is 11.2. The number of rotatable bonds is 4. The zero-order chi connectivity index (χ0) is 20.3. The Morgan fingerprint density at radius 3 is 2.62 bits per heavy atom. The summed E-state index contributed by atoms with van der Waals surface area (Å²) in [6, 6.07) is 3.18. The summed E-state index contributed by atoms with van der Waals surface area (Å²) in [6.45, 7) is 4.34. The van der Waals surface area contributed by atoms with Gasteiger partial charge in [-0.3, -0.25) is 14.7 Å². The molecule has 0 radical (unpaired) electrons. The summed E-state index contributed by atoms with van der Waals surface area (Å²) in [5.74, 6) is -0.306. The first-order chi connectivity index (χ1) is 14.0. The highest BCUT2D eigenvalue weighted by molar-refractivity contribution is 5.94. The molecule has 29 heavy (non-hydrogen) atoms. The maximum atomic E-state index is 13.9. The third-order valence-electron chi connectivity index (χ3n) is 5.57. The van der Waals surface area contributed by atoms with E-state index in [1.165, 1.54) is 12.3 Å². The first-order valence-electron chi connectivity index (χ1n) is 9.90. The van der Waals surface area contributed by atoms with Gasteiger partial charge >= 0.3 is 0 Å². The van der Waals surface area contributed by atoms with Crippen LogP contribution in [0.1, 0.15) is 23.2 Å². The Kier molecular flexibility index (Phi) is 5.68. The average Bonchev–Trinajstić information content (AvgIpc) is 2.74. The van der Waals surface area contributed by atoms with Gasteiger partial charge in [0.15, 0.2) is 5.82 Å². The van der Waals surface area contributed by atoms with Crippen LogP contribution in [0.25, 0.3) is 0 Å². The zero-order valence-corrected chi connectivity index (χ0v) is 16.2. The second-order valence-corrected chi connectivity index (χ2v) is 7.72. The molecule has 2 aromatic rings. The number of likely N-dealkylation sites (tertiary alicyclic amines) is 1. The molecule has 4 rings (SSSR count). The van der Waals surface area contributed by atoms with E-state index in [1.54, 1.807) is 23.4 Å². The summed E-state index contributed by atoms with van der Waals surface area (Å²) in [7, 11) is 0. The van der Waals surface area contributed by atoms with Crippen molar-refractivity contribution in [2.75, 3.05) is 50.7 Å². The molecule has 154 valence electrons. The summed E-state index contributed by atoms with van der Waals surface area (Å²) in [4.78, 5) is 30.9. The highest BCUT2D eigenvalue weighted by atomic mass is 19.1. The molecule has 2 fully saturated rings. The normalized spacial score (nSPS) is 23.2. The number of carbonyl (C=O) groups excluding carboxylic acids is 1. The van der Waals surface area contributed by atoms with Crippen LogP contribution in [0.15, 0.2) is 36.9 Å². The number of pyridine rings is 1. The maximum Gasteiger partial charge on any atom is 0.257 e. The fourth-order valence-electron chi connectivity index (χ4n) is 4.11. The monoisotopic (exact) mass is 400 g/mol. The number of amides is 1. The molecule has 4 heterocycles. The molecule has 0 aromatic carbocycles. The van der Waals surface area contributed by atoms with Gasteiger partial charge in [0.25, 0.3) is 5.91 Å². The number of aromatic nitrogens is 3. The van der Waals surface area contributed by atoms with E-state index in [9.17, 15) is 14.3 Å². The lowest BCUT2D eigenvalue weighted by Crippen LogP contribution is -2.58. The minimum absolute atomic E-state index is 0.000672. The molecule has 1 unspecified atom stereocenters. The third kappa shape index (κ3) is 4.51. The molecule has 0 saturated carbocycles. The Labute approximate surface area is 169 Å². The summed E-state index contributed by atoms with van der Waals surface area (Å²) < 4.78 is 13.9. The van der Waals surface area contributed by atoms with Gasteiger partial charge < -0.3 is 14.9 Å². The number of hydrogen-bond acceptors (Lipinski definition) is 7. The molecule has 2 aliphatic rings. The molecule has 9 heteroatoms. The van der Waals surface area contributed by atoms with E-state index in [1.807, 2.05) is 0 Å². The van der Waals surface area contributed by atoms with Crippen molar-refractivity contribution >= 4 is 11.9 Å². The molecular weight excluding hydrogens is 375 g/mol.